The van der Waals surface area contributed by atoms with E-state index in [1.165, 1.54) is 5.56 Å². The van der Waals surface area contributed by atoms with Crippen LogP contribution >= 0.6 is 15.9 Å². The molecule has 3 aromatic rings. The van der Waals surface area contributed by atoms with Gasteiger partial charge in [-0.1, -0.05) is 54.0 Å². The Bertz CT molecular complexity index is 1070. The zero-order valence-electron chi connectivity index (χ0n) is 18.9. The molecule has 6 heteroatoms. The van der Waals surface area contributed by atoms with Gasteiger partial charge in [0.05, 0.1) is 7.11 Å². The number of benzene rings is 3. The normalized spacial score (nSPS) is 10.7. The maximum atomic E-state index is 11.9. The number of anilines is 2. The fraction of sp³-hybridized carbons (Fsp3) is 0.269. The van der Waals surface area contributed by atoms with Gasteiger partial charge in [-0.15, -0.1) is 0 Å². The molecule has 2 N–H and O–H groups in total. The summed E-state index contributed by atoms with van der Waals surface area (Å²) < 4.78 is 12.7. The first kappa shape index (κ1) is 23.7. The SMILES string of the molecule is COc1ccc(Br)c(CNc2ccc(NC(=O)C(C)C)cc2)c1OCc1ccccc1C. The van der Waals surface area contributed by atoms with Crippen molar-refractivity contribution in [3.63, 3.8) is 0 Å². The molecule has 0 spiro atoms. The number of nitrogens with one attached hydrogen (secondary N) is 2. The third-order valence-electron chi connectivity index (χ3n) is 5.17. The van der Waals surface area contributed by atoms with Crippen LogP contribution in [-0.2, 0) is 17.9 Å². The lowest BCUT2D eigenvalue weighted by molar-refractivity contribution is -0.118. The smallest absolute Gasteiger partial charge is 0.226 e. The fourth-order valence-electron chi connectivity index (χ4n) is 3.14. The van der Waals surface area contributed by atoms with Crippen molar-refractivity contribution >= 4 is 33.2 Å². The Kier molecular flexibility index (Phi) is 8.17. The minimum Gasteiger partial charge on any atom is -0.493 e. The van der Waals surface area contributed by atoms with Crippen LogP contribution in [0.5, 0.6) is 11.5 Å². The molecule has 0 heterocycles. The van der Waals surface area contributed by atoms with Crippen LogP contribution in [-0.4, -0.2) is 13.0 Å². The highest BCUT2D eigenvalue weighted by Gasteiger charge is 2.15. The van der Waals surface area contributed by atoms with Gasteiger partial charge in [0.15, 0.2) is 11.5 Å². The molecule has 1 amide bonds. The molecule has 32 heavy (non-hydrogen) atoms. The van der Waals surface area contributed by atoms with E-state index < -0.39 is 0 Å². The average Bonchev–Trinajstić information content (AvgIpc) is 2.79. The first-order valence-corrected chi connectivity index (χ1v) is 11.4. The van der Waals surface area contributed by atoms with E-state index >= 15 is 0 Å². The number of halogens is 1. The van der Waals surface area contributed by atoms with Crippen molar-refractivity contribution in [1.29, 1.82) is 0 Å². The molecule has 3 rings (SSSR count). The average molecular weight is 497 g/mol. The van der Waals surface area contributed by atoms with Crippen LogP contribution < -0.4 is 20.1 Å². The fourth-order valence-corrected chi connectivity index (χ4v) is 3.59. The molecule has 0 bridgehead atoms. The first-order valence-electron chi connectivity index (χ1n) is 10.6. The number of carbonyl (C=O) groups is 1. The van der Waals surface area contributed by atoms with Gasteiger partial charge in [-0.2, -0.15) is 0 Å². The molecule has 5 nitrogen and oxygen atoms in total. The van der Waals surface area contributed by atoms with Crippen molar-refractivity contribution in [2.45, 2.75) is 33.9 Å². The molecule has 0 saturated heterocycles. The van der Waals surface area contributed by atoms with Crippen LogP contribution in [0.25, 0.3) is 0 Å². The number of amides is 1. The molecule has 0 aromatic heterocycles. The number of carbonyl (C=O) groups excluding carboxylic acids is 1. The maximum Gasteiger partial charge on any atom is 0.226 e. The van der Waals surface area contributed by atoms with Gasteiger partial charge in [-0.25, -0.2) is 0 Å². The largest absolute Gasteiger partial charge is 0.493 e. The number of hydrogen-bond acceptors (Lipinski definition) is 4. The van der Waals surface area contributed by atoms with Crippen LogP contribution in [0.15, 0.2) is 65.1 Å². The number of hydrogen-bond donors (Lipinski definition) is 2. The van der Waals surface area contributed by atoms with E-state index in [-0.39, 0.29) is 11.8 Å². The monoisotopic (exact) mass is 496 g/mol. The summed E-state index contributed by atoms with van der Waals surface area (Å²) >= 11 is 3.65. The van der Waals surface area contributed by atoms with Gasteiger partial charge >= 0.3 is 0 Å². The van der Waals surface area contributed by atoms with Crippen LogP contribution in [0.4, 0.5) is 11.4 Å². The summed E-state index contributed by atoms with van der Waals surface area (Å²) in [4.78, 5) is 11.9. The molecular weight excluding hydrogens is 468 g/mol. The number of methoxy groups -OCH3 is 1. The molecule has 0 fully saturated rings. The predicted molar refractivity (Wildman–Crippen MR) is 133 cm³/mol. The van der Waals surface area contributed by atoms with Crippen LogP contribution in [0.1, 0.15) is 30.5 Å². The van der Waals surface area contributed by atoms with Crippen molar-refractivity contribution in [3.05, 3.63) is 81.8 Å². The number of rotatable bonds is 9. The highest BCUT2D eigenvalue weighted by atomic mass is 79.9. The van der Waals surface area contributed by atoms with Crippen molar-refractivity contribution in [2.75, 3.05) is 17.7 Å². The Labute approximate surface area is 198 Å². The van der Waals surface area contributed by atoms with Crippen LogP contribution in [0.2, 0.25) is 0 Å². The van der Waals surface area contributed by atoms with E-state index in [1.807, 2.05) is 62.4 Å². The summed E-state index contributed by atoms with van der Waals surface area (Å²) in [6.07, 6.45) is 0. The van der Waals surface area contributed by atoms with Crippen LogP contribution in [0.3, 0.4) is 0 Å². The predicted octanol–water partition coefficient (Wildman–Crippen LogP) is 6.55. The van der Waals surface area contributed by atoms with Gasteiger partial charge < -0.3 is 20.1 Å². The molecule has 0 unspecified atom stereocenters. The second-order valence-corrected chi connectivity index (χ2v) is 8.70. The minimum atomic E-state index is -0.0590. The molecule has 3 aromatic carbocycles. The van der Waals surface area contributed by atoms with Crippen LogP contribution in [0, 0.1) is 12.8 Å². The van der Waals surface area contributed by atoms with Crippen molar-refractivity contribution in [2.24, 2.45) is 5.92 Å². The second kappa shape index (κ2) is 11.0. The molecule has 0 atom stereocenters. The lowest BCUT2D eigenvalue weighted by atomic mass is 10.1. The Morgan fingerprint density at radius 1 is 1.00 bits per heavy atom. The van der Waals surface area contributed by atoms with Crippen molar-refractivity contribution < 1.29 is 14.3 Å². The molecule has 0 aliphatic rings. The van der Waals surface area contributed by atoms with Gasteiger partial charge in [0, 0.05) is 33.9 Å². The second-order valence-electron chi connectivity index (χ2n) is 7.85. The lowest BCUT2D eigenvalue weighted by Crippen LogP contribution is -2.17. The third-order valence-corrected chi connectivity index (χ3v) is 5.91. The highest BCUT2D eigenvalue weighted by Crippen LogP contribution is 2.37. The summed E-state index contributed by atoms with van der Waals surface area (Å²) in [6, 6.07) is 19.7. The molecule has 0 aliphatic carbocycles. The molecule has 0 saturated carbocycles. The van der Waals surface area contributed by atoms with Gasteiger partial charge in [-0.05, 0) is 54.4 Å². The van der Waals surface area contributed by atoms with E-state index in [4.69, 9.17) is 9.47 Å². The van der Waals surface area contributed by atoms with E-state index in [9.17, 15) is 4.79 Å². The number of ether oxygens (including phenoxy) is 2. The molecular formula is C26H29BrN2O3. The lowest BCUT2D eigenvalue weighted by Gasteiger charge is -2.18. The standard InChI is InChI=1S/C26H29BrN2O3/c1-17(2)26(30)29-21-11-9-20(10-12-21)28-15-22-23(27)13-14-24(31-4)25(22)32-16-19-8-6-5-7-18(19)3/h5-14,17,28H,15-16H2,1-4H3,(H,29,30). The summed E-state index contributed by atoms with van der Waals surface area (Å²) in [5, 5.41) is 6.33. The van der Waals surface area contributed by atoms with Crippen molar-refractivity contribution in [1.82, 2.24) is 0 Å². The third kappa shape index (κ3) is 6.04. The van der Waals surface area contributed by atoms with Gasteiger partial charge in [0.2, 0.25) is 5.91 Å². The first-order chi connectivity index (χ1) is 15.4. The summed E-state index contributed by atoms with van der Waals surface area (Å²) in [5.41, 5.74) is 5.00. The summed E-state index contributed by atoms with van der Waals surface area (Å²) in [6.45, 7) is 6.81. The van der Waals surface area contributed by atoms with E-state index in [0.717, 1.165) is 27.0 Å². The van der Waals surface area contributed by atoms with Gasteiger partial charge in [0.1, 0.15) is 6.61 Å². The Morgan fingerprint density at radius 2 is 1.69 bits per heavy atom. The summed E-state index contributed by atoms with van der Waals surface area (Å²) in [5.74, 6) is 1.33. The van der Waals surface area contributed by atoms with E-state index in [1.54, 1.807) is 7.11 Å². The van der Waals surface area contributed by atoms with E-state index in [2.05, 4.69) is 45.6 Å². The Balaban J connectivity index is 1.74. The maximum absolute atomic E-state index is 11.9. The molecule has 0 radical (unpaired) electrons. The zero-order valence-corrected chi connectivity index (χ0v) is 20.5. The Hall–Kier alpha value is -2.99. The van der Waals surface area contributed by atoms with E-state index in [0.29, 0.717) is 24.7 Å². The quantitative estimate of drug-likeness (QED) is 0.352. The highest BCUT2D eigenvalue weighted by molar-refractivity contribution is 9.10. The minimum absolute atomic E-state index is 0.00136. The zero-order chi connectivity index (χ0) is 23.1. The molecule has 0 aliphatic heterocycles. The number of aryl methyl sites for hydroxylation is 1. The van der Waals surface area contributed by atoms with Gasteiger partial charge in [-0.3, -0.25) is 4.79 Å². The Morgan fingerprint density at radius 3 is 2.34 bits per heavy atom. The summed E-state index contributed by atoms with van der Waals surface area (Å²) in [7, 11) is 1.64. The molecule has 168 valence electrons. The van der Waals surface area contributed by atoms with Crippen molar-refractivity contribution in [3.8, 4) is 11.5 Å². The topological polar surface area (TPSA) is 59.6 Å². The van der Waals surface area contributed by atoms with Gasteiger partial charge in [0.25, 0.3) is 0 Å².